The highest BCUT2D eigenvalue weighted by molar-refractivity contribution is 7.13. The van der Waals surface area contributed by atoms with Crippen LogP contribution >= 0.6 is 11.3 Å². The Morgan fingerprint density at radius 2 is 2.21 bits per heavy atom. The lowest BCUT2D eigenvalue weighted by atomic mass is 10.2. The molecule has 1 atom stereocenters. The number of anilines is 1. The van der Waals surface area contributed by atoms with Gasteiger partial charge in [0.05, 0.1) is 5.69 Å². The van der Waals surface area contributed by atoms with Crippen molar-refractivity contribution in [2.75, 3.05) is 37.6 Å². The molecule has 1 aromatic heterocycles. The largest absolute Gasteiger partial charge is 0.346 e. The van der Waals surface area contributed by atoms with Crippen LogP contribution in [0, 0.1) is 0 Å². The number of nitrogens with one attached hydrogen (secondary N) is 1. The standard InChI is InChI=1S/C14H26N4S/c1-4-15-9-12-11-19-14(16-12)18-8-7-13(10-18)17(5-2)6-3/h11,13,15H,4-10H2,1-3H3. The van der Waals surface area contributed by atoms with E-state index < -0.39 is 0 Å². The van der Waals surface area contributed by atoms with E-state index in [0.717, 1.165) is 39.3 Å². The topological polar surface area (TPSA) is 31.4 Å². The molecule has 1 unspecified atom stereocenters. The van der Waals surface area contributed by atoms with Gasteiger partial charge in [-0.3, -0.25) is 4.90 Å². The van der Waals surface area contributed by atoms with Gasteiger partial charge in [0.2, 0.25) is 0 Å². The van der Waals surface area contributed by atoms with Gasteiger partial charge in [-0.15, -0.1) is 11.3 Å². The van der Waals surface area contributed by atoms with Crippen LogP contribution in [0.15, 0.2) is 5.38 Å². The van der Waals surface area contributed by atoms with Crippen molar-refractivity contribution in [1.29, 1.82) is 0 Å². The maximum absolute atomic E-state index is 4.74. The molecule has 0 aliphatic carbocycles. The van der Waals surface area contributed by atoms with Crippen LogP contribution in [0.1, 0.15) is 32.9 Å². The van der Waals surface area contributed by atoms with Crippen LogP contribution in [0.2, 0.25) is 0 Å². The normalized spacial score (nSPS) is 19.6. The van der Waals surface area contributed by atoms with Crippen LogP contribution in [-0.2, 0) is 6.54 Å². The zero-order chi connectivity index (χ0) is 13.7. The first-order valence-electron chi connectivity index (χ1n) is 7.42. The Bertz CT molecular complexity index is 375. The van der Waals surface area contributed by atoms with Gasteiger partial charge in [-0.25, -0.2) is 4.98 Å². The van der Waals surface area contributed by atoms with Gasteiger partial charge in [0, 0.05) is 31.1 Å². The van der Waals surface area contributed by atoms with E-state index in [0.29, 0.717) is 6.04 Å². The molecule has 2 heterocycles. The highest BCUT2D eigenvalue weighted by Crippen LogP contribution is 2.26. The number of thiazole rings is 1. The van der Waals surface area contributed by atoms with E-state index in [1.807, 2.05) is 0 Å². The number of nitrogens with zero attached hydrogens (tertiary/aromatic N) is 3. The van der Waals surface area contributed by atoms with Gasteiger partial charge in [0.25, 0.3) is 0 Å². The molecule has 1 aliphatic heterocycles. The number of hydrogen-bond acceptors (Lipinski definition) is 5. The molecule has 1 aromatic rings. The SMILES string of the molecule is CCNCc1csc(N2CCC(N(CC)CC)C2)n1. The molecule has 0 radical (unpaired) electrons. The molecule has 0 amide bonds. The smallest absolute Gasteiger partial charge is 0.185 e. The summed E-state index contributed by atoms with van der Waals surface area (Å²) in [6.45, 7) is 13.1. The predicted octanol–water partition coefficient (Wildman–Crippen LogP) is 2.17. The van der Waals surface area contributed by atoms with Crippen molar-refractivity contribution >= 4 is 16.5 Å². The summed E-state index contributed by atoms with van der Waals surface area (Å²) in [5.41, 5.74) is 1.17. The molecule has 19 heavy (non-hydrogen) atoms. The first kappa shape index (κ1) is 14.8. The fourth-order valence-electron chi connectivity index (χ4n) is 2.73. The van der Waals surface area contributed by atoms with Crippen molar-refractivity contribution in [2.45, 2.75) is 39.8 Å². The lowest BCUT2D eigenvalue weighted by molar-refractivity contribution is 0.232. The lowest BCUT2D eigenvalue weighted by Crippen LogP contribution is -2.37. The average molecular weight is 282 g/mol. The summed E-state index contributed by atoms with van der Waals surface area (Å²) in [5.74, 6) is 0. The van der Waals surface area contributed by atoms with E-state index in [9.17, 15) is 0 Å². The summed E-state index contributed by atoms with van der Waals surface area (Å²) in [6.07, 6.45) is 1.27. The Hall–Kier alpha value is -0.650. The molecule has 0 bridgehead atoms. The molecule has 108 valence electrons. The molecule has 0 aromatic carbocycles. The predicted molar refractivity (Wildman–Crippen MR) is 83.0 cm³/mol. The molecule has 0 saturated carbocycles. The minimum Gasteiger partial charge on any atom is -0.346 e. The molecule has 1 aliphatic rings. The molecule has 1 saturated heterocycles. The van der Waals surface area contributed by atoms with Gasteiger partial charge in [-0.05, 0) is 26.1 Å². The van der Waals surface area contributed by atoms with Crippen LogP contribution in [-0.4, -0.2) is 48.6 Å². The quantitative estimate of drug-likeness (QED) is 0.830. The number of hydrogen-bond donors (Lipinski definition) is 1. The molecule has 1 N–H and O–H groups in total. The van der Waals surface area contributed by atoms with Crippen molar-refractivity contribution in [1.82, 2.24) is 15.2 Å². The van der Waals surface area contributed by atoms with Crippen molar-refractivity contribution in [3.63, 3.8) is 0 Å². The summed E-state index contributed by atoms with van der Waals surface area (Å²) in [5, 5.41) is 6.71. The number of likely N-dealkylation sites (N-methyl/N-ethyl adjacent to an activating group) is 1. The molecule has 2 rings (SSSR count). The molecular formula is C14H26N4S. The summed E-state index contributed by atoms with van der Waals surface area (Å²) in [4.78, 5) is 9.75. The first-order chi connectivity index (χ1) is 9.28. The van der Waals surface area contributed by atoms with E-state index in [1.54, 1.807) is 11.3 Å². The number of rotatable bonds is 7. The molecule has 1 fully saturated rings. The molecule has 4 nitrogen and oxygen atoms in total. The van der Waals surface area contributed by atoms with E-state index >= 15 is 0 Å². The van der Waals surface area contributed by atoms with Crippen LogP contribution in [0.25, 0.3) is 0 Å². The van der Waals surface area contributed by atoms with Crippen LogP contribution in [0.3, 0.4) is 0 Å². The second-order valence-electron chi connectivity index (χ2n) is 5.01. The summed E-state index contributed by atoms with van der Waals surface area (Å²) in [7, 11) is 0. The zero-order valence-electron chi connectivity index (χ0n) is 12.4. The Kier molecular flexibility index (Phi) is 5.60. The monoisotopic (exact) mass is 282 g/mol. The second kappa shape index (κ2) is 7.22. The Morgan fingerprint density at radius 3 is 2.89 bits per heavy atom. The fourth-order valence-corrected chi connectivity index (χ4v) is 3.59. The zero-order valence-corrected chi connectivity index (χ0v) is 13.2. The van der Waals surface area contributed by atoms with Crippen LogP contribution in [0.5, 0.6) is 0 Å². The second-order valence-corrected chi connectivity index (χ2v) is 5.85. The highest BCUT2D eigenvalue weighted by atomic mass is 32.1. The highest BCUT2D eigenvalue weighted by Gasteiger charge is 2.27. The average Bonchev–Trinajstić information content (AvgIpc) is 3.06. The first-order valence-corrected chi connectivity index (χ1v) is 8.30. The summed E-state index contributed by atoms with van der Waals surface area (Å²) < 4.78 is 0. The van der Waals surface area contributed by atoms with E-state index in [4.69, 9.17) is 4.98 Å². The minimum atomic E-state index is 0.705. The third kappa shape index (κ3) is 3.68. The van der Waals surface area contributed by atoms with Gasteiger partial charge in [-0.1, -0.05) is 20.8 Å². The third-order valence-corrected chi connectivity index (χ3v) is 4.81. The van der Waals surface area contributed by atoms with Crippen LogP contribution in [0.4, 0.5) is 5.13 Å². The summed E-state index contributed by atoms with van der Waals surface area (Å²) in [6, 6.07) is 0.705. The fraction of sp³-hybridized carbons (Fsp3) is 0.786. The third-order valence-electron chi connectivity index (χ3n) is 3.86. The minimum absolute atomic E-state index is 0.705. The van der Waals surface area contributed by atoms with E-state index in [1.165, 1.54) is 17.2 Å². The van der Waals surface area contributed by atoms with Crippen molar-refractivity contribution in [2.24, 2.45) is 0 Å². The molecule has 5 heteroatoms. The van der Waals surface area contributed by atoms with Gasteiger partial charge in [0.15, 0.2) is 5.13 Å². The van der Waals surface area contributed by atoms with Gasteiger partial charge in [-0.2, -0.15) is 0 Å². The van der Waals surface area contributed by atoms with Crippen molar-refractivity contribution in [3.05, 3.63) is 11.1 Å². The maximum atomic E-state index is 4.74. The van der Waals surface area contributed by atoms with Crippen LogP contribution < -0.4 is 10.2 Å². The Morgan fingerprint density at radius 1 is 1.42 bits per heavy atom. The van der Waals surface area contributed by atoms with Gasteiger partial charge < -0.3 is 10.2 Å². The Balaban J connectivity index is 1.91. The summed E-state index contributed by atoms with van der Waals surface area (Å²) >= 11 is 1.78. The maximum Gasteiger partial charge on any atom is 0.185 e. The van der Waals surface area contributed by atoms with E-state index in [2.05, 4.69) is 41.3 Å². The molecular weight excluding hydrogens is 256 g/mol. The lowest BCUT2D eigenvalue weighted by Gasteiger charge is -2.25. The van der Waals surface area contributed by atoms with Gasteiger partial charge >= 0.3 is 0 Å². The van der Waals surface area contributed by atoms with Crippen molar-refractivity contribution in [3.8, 4) is 0 Å². The van der Waals surface area contributed by atoms with E-state index in [-0.39, 0.29) is 0 Å². The van der Waals surface area contributed by atoms with Gasteiger partial charge in [0.1, 0.15) is 0 Å². The van der Waals surface area contributed by atoms with Crippen molar-refractivity contribution < 1.29 is 0 Å². The Labute approximate surface area is 120 Å². The molecule has 0 spiro atoms. The number of aromatic nitrogens is 1.